The third-order valence-electron chi connectivity index (χ3n) is 4.21. The van der Waals surface area contributed by atoms with Crippen molar-refractivity contribution >= 4 is 6.03 Å². The number of nitrogens with zero attached hydrogens (tertiary/aromatic N) is 1. The highest BCUT2D eigenvalue weighted by molar-refractivity contribution is 5.74. The average Bonchev–Trinajstić information content (AvgIpc) is 3.08. The van der Waals surface area contributed by atoms with E-state index in [1.54, 1.807) is 6.26 Å². The Morgan fingerprint density at radius 1 is 1.41 bits per heavy atom. The minimum Gasteiger partial charge on any atom is -0.468 e. The van der Waals surface area contributed by atoms with Gasteiger partial charge in [-0.25, -0.2) is 4.79 Å². The number of rotatable bonds is 7. The van der Waals surface area contributed by atoms with Gasteiger partial charge in [0.2, 0.25) is 0 Å². The zero-order valence-electron chi connectivity index (χ0n) is 13.3. The Bertz CT molecular complexity index is 426. The average molecular weight is 309 g/mol. The molecule has 1 aliphatic rings. The maximum Gasteiger partial charge on any atom is 0.315 e. The van der Waals surface area contributed by atoms with Crippen molar-refractivity contribution in [3.8, 4) is 0 Å². The Labute approximate surface area is 131 Å². The number of nitrogens with one attached hydrogen (secondary N) is 2. The van der Waals surface area contributed by atoms with Crippen LogP contribution in [0.25, 0.3) is 0 Å². The molecule has 2 atom stereocenters. The van der Waals surface area contributed by atoms with Gasteiger partial charge in [-0.15, -0.1) is 0 Å². The number of amides is 2. The Balaban J connectivity index is 1.91. The molecule has 2 rings (SSSR count). The molecule has 2 amide bonds. The first kappa shape index (κ1) is 16.8. The number of furan rings is 1. The first-order valence-electron chi connectivity index (χ1n) is 8.17. The lowest BCUT2D eigenvalue weighted by atomic mass is 10.1. The van der Waals surface area contributed by atoms with E-state index in [4.69, 9.17) is 9.52 Å². The molecule has 0 spiro atoms. The number of carbonyl (C=O) groups excluding carboxylic acids is 1. The highest BCUT2D eigenvalue weighted by atomic mass is 16.3. The van der Waals surface area contributed by atoms with E-state index in [2.05, 4.69) is 15.5 Å². The van der Waals surface area contributed by atoms with Crippen molar-refractivity contribution in [2.45, 2.75) is 44.7 Å². The van der Waals surface area contributed by atoms with Crippen LogP contribution >= 0.6 is 0 Å². The molecule has 0 radical (unpaired) electrons. The Morgan fingerprint density at radius 3 is 2.77 bits per heavy atom. The zero-order valence-corrected chi connectivity index (χ0v) is 13.3. The number of hydrogen-bond acceptors (Lipinski definition) is 4. The van der Waals surface area contributed by atoms with E-state index < -0.39 is 0 Å². The highest BCUT2D eigenvalue weighted by Crippen LogP contribution is 2.24. The van der Waals surface area contributed by atoms with E-state index in [-0.39, 0.29) is 24.7 Å². The molecule has 0 unspecified atom stereocenters. The molecule has 1 saturated heterocycles. The number of urea groups is 1. The Hall–Kier alpha value is -1.53. The SMILES string of the molecule is CC[C@@H](CO)NC(=O)NC[C@@H](c1ccco1)N1CCCCC1. The molecule has 22 heavy (non-hydrogen) atoms. The van der Waals surface area contributed by atoms with Crippen LogP contribution in [0.4, 0.5) is 4.79 Å². The van der Waals surface area contributed by atoms with Gasteiger partial charge in [0, 0.05) is 6.54 Å². The second-order valence-corrected chi connectivity index (χ2v) is 5.77. The highest BCUT2D eigenvalue weighted by Gasteiger charge is 2.25. The molecular weight excluding hydrogens is 282 g/mol. The lowest BCUT2D eigenvalue weighted by Crippen LogP contribution is -2.47. The summed E-state index contributed by atoms with van der Waals surface area (Å²) in [5, 5.41) is 14.8. The molecule has 3 N–H and O–H groups in total. The second-order valence-electron chi connectivity index (χ2n) is 5.77. The van der Waals surface area contributed by atoms with E-state index in [1.807, 2.05) is 19.1 Å². The molecule has 6 nitrogen and oxygen atoms in total. The van der Waals surface area contributed by atoms with Gasteiger partial charge in [0.15, 0.2) is 0 Å². The summed E-state index contributed by atoms with van der Waals surface area (Å²) in [6.07, 6.45) is 6.02. The molecule has 0 bridgehead atoms. The van der Waals surface area contributed by atoms with Gasteiger partial charge in [0.1, 0.15) is 5.76 Å². The molecule has 124 valence electrons. The van der Waals surface area contributed by atoms with E-state index >= 15 is 0 Å². The smallest absolute Gasteiger partial charge is 0.315 e. The molecule has 1 aliphatic heterocycles. The predicted molar refractivity (Wildman–Crippen MR) is 84.6 cm³/mol. The van der Waals surface area contributed by atoms with Crippen LogP contribution in [0.15, 0.2) is 22.8 Å². The monoisotopic (exact) mass is 309 g/mol. The maximum absolute atomic E-state index is 11.9. The fraction of sp³-hybridized carbons (Fsp3) is 0.688. The van der Waals surface area contributed by atoms with Crippen molar-refractivity contribution in [3.05, 3.63) is 24.2 Å². The summed E-state index contributed by atoms with van der Waals surface area (Å²) in [5.74, 6) is 0.886. The van der Waals surface area contributed by atoms with E-state index in [1.165, 1.54) is 19.3 Å². The largest absolute Gasteiger partial charge is 0.468 e. The van der Waals surface area contributed by atoms with Crippen LogP contribution in [0, 0.1) is 0 Å². The summed E-state index contributed by atoms with van der Waals surface area (Å²) in [7, 11) is 0. The Kier molecular flexibility index (Phi) is 6.74. The molecule has 0 aliphatic carbocycles. The quantitative estimate of drug-likeness (QED) is 0.718. The molecule has 0 aromatic carbocycles. The van der Waals surface area contributed by atoms with Crippen molar-refractivity contribution in [1.29, 1.82) is 0 Å². The third-order valence-corrected chi connectivity index (χ3v) is 4.21. The number of hydrogen-bond donors (Lipinski definition) is 3. The van der Waals surface area contributed by atoms with E-state index in [9.17, 15) is 4.79 Å². The van der Waals surface area contributed by atoms with Crippen molar-refractivity contribution < 1.29 is 14.3 Å². The predicted octanol–water partition coefficient (Wildman–Crippen LogP) is 1.88. The minimum atomic E-state index is -0.241. The van der Waals surface area contributed by atoms with Gasteiger partial charge in [0.25, 0.3) is 0 Å². The van der Waals surface area contributed by atoms with Crippen LogP contribution in [0.1, 0.15) is 44.4 Å². The van der Waals surface area contributed by atoms with Crippen LogP contribution in [0.3, 0.4) is 0 Å². The molecule has 2 heterocycles. The van der Waals surface area contributed by atoms with Crippen molar-refractivity contribution in [1.82, 2.24) is 15.5 Å². The molecule has 1 aromatic rings. The van der Waals surface area contributed by atoms with Crippen LogP contribution in [0.2, 0.25) is 0 Å². The lowest BCUT2D eigenvalue weighted by molar-refractivity contribution is 0.142. The van der Waals surface area contributed by atoms with Crippen LogP contribution < -0.4 is 10.6 Å². The minimum absolute atomic E-state index is 0.0440. The normalized spacial score (nSPS) is 18.6. The van der Waals surface area contributed by atoms with Crippen molar-refractivity contribution in [2.24, 2.45) is 0 Å². The molecule has 6 heteroatoms. The second kappa shape index (κ2) is 8.80. The van der Waals surface area contributed by atoms with Crippen molar-refractivity contribution in [2.75, 3.05) is 26.2 Å². The van der Waals surface area contributed by atoms with Gasteiger partial charge in [0.05, 0.1) is 25.0 Å². The maximum atomic E-state index is 11.9. The molecule has 1 aromatic heterocycles. The summed E-state index contributed by atoms with van der Waals surface area (Å²) in [5.41, 5.74) is 0. The molecule has 0 saturated carbocycles. The van der Waals surface area contributed by atoms with Gasteiger partial charge in [-0.05, 0) is 44.5 Å². The van der Waals surface area contributed by atoms with Crippen molar-refractivity contribution in [3.63, 3.8) is 0 Å². The number of likely N-dealkylation sites (tertiary alicyclic amines) is 1. The summed E-state index contributed by atoms with van der Waals surface area (Å²) in [4.78, 5) is 14.3. The first-order chi connectivity index (χ1) is 10.7. The molecular formula is C16H27N3O3. The van der Waals surface area contributed by atoms with E-state index in [0.29, 0.717) is 13.0 Å². The summed E-state index contributed by atoms with van der Waals surface area (Å²) in [6.45, 7) is 4.45. The van der Waals surface area contributed by atoms with Crippen LogP contribution in [-0.2, 0) is 0 Å². The fourth-order valence-corrected chi connectivity index (χ4v) is 2.82. The lowest BCUT2D eigenvalue weighted by Gasteiger charge is -2.33. The number of piperidine rings is 1. The number of aliphatic hydroxyl groups is 1. The third kappa shape index (κ3) is 4.74. The molecule has 1 fully saturated rings. The fourth-order valence-electron chi connectivity index (χ4n) is 2.82. The van der Waals surface area contributed by atoms with Gasteiger partial charge < -0.3 is 20.2 Å². The summed E-state index contributed by atoms with van der Waals surface area (Å²) in [6, 6.07) is 3.47. The number of carbonyl (C=O) groups is 1. The first-order valence-corrected chi connectivity index (χ1v) is 8.17. The van der Waals surface area contributed by atoms with E-state index in [0.717, 1.165) is 18.8 Å². The van der Waals surface area contributed by atoms with Gasteiger partial charge in [-0.3, -0.25) is 4.90 Å². The summed E-state index contributed by atoms with van der Waals surface area (Å²) < 4.78 is 5.55. The van der Waals surface area contributed by atoms with Gasteiger partial charge in [-0.1, -0.05) is 13.3 Å². The zero-order chi connectivity index (χ0) is 15.8. The topological polar surface area (TPSA) is 77.7 Å². The summed E-state index contributed by atoms with van der Waals surface area (Å²) >= 11 is 0. The number of aliphatic hydroxyl groups excluding tert-OH is 1. The van der Waals surface area contributed by atoms with Crippen LogP contribution in [-0.4, -0.2) is 48.3 Å². The van der Waals surface area contributed by atoms with Crippen LogP contribution in [0.5, 0.6) is 0 Å². The van der Waals surface area contributed by atoms with Gasteiger partial charge >= 0.3 is 6.03 Å². The Morgan fingerprint density at radius 2 is 2.18 bits per heavy atom. The van der Waals surface area contributed by atoms with Gasteiger partial charge in [-0.2, -0.15) is 0 Å². The standard InChI is InChI=1S/C16H27N3O3/c1-2-13(12-20)18-16(21)17-11-14(15-7-6-10-22-15)19-8-4-3-5-9-19/h6-7,10,13-14,20H,2-5,8-9,11-12H2,1H3,(H2,17,18,21)/t13-,14-/m0/s1.